The van der Waals surface area contributed by atoms with Crippen LogP contribution in [0.2, 0.25) is 0 Å². The molecule has 0 bridgehead atoms. The Morgan fingerprint density at radius 1 is 0.460 bits per heavy atom. The highest BCUT2D eigenvalue weighted by Crippen LogP contribution is 2.58. The van der Waals surface area contributed by atoms with Crippen LogP contribution in [0.1, 0.15) is 33.4 Å². The van der Waals surface area contributed by atoms with E-state index in [0.717, 1.165) is 22.9 Å². The van der Waals surface area contributed by atoms with Crippen LogP contribution in [-0.2, 0) is 13.0 Å². The maximum Gasteiger partial charge on any atom is 0.0684 e. The molecule has 1 nitrogen and oxygen atoms in total. The predicted octanol–water partition coefficient (Wildman–Crippen LogP) is 12.8. The molecule has 1 aliphatic rings. The van der Waals surface area contributed by atoms with Crippen molar-refractivity contribution in [1.29, 1.82) is 0 Å². The van der Waals surface area contributed by atoms with Crippen LogP contribution >= 0.6 is 0 Å². The molecule has 240 valence electrons. The van der Waals surface area contributed by atoms with E-state index >= 15 is 0 Å². The summed E-state index contributed by atoms with van der Waals surface area (Å²) in [6.45, 7) is 6.74. The Hall–Kier alpha value is -5.76. The van der Waals surface area contributed by atoms with E-state index in [-0.39, 0.29) is 6.61 Å². The summed E-state index contributed by atoms with van der Waals surface area (Å²) in [4.78, 5) is 0. The monoisotopic (exact) mass is 642 g/mol. The first-order chi connectivity index (χ1) is 24.5. The van der Waals surface area contributed by atoms with Crippen LogP contribution in [0, 0.1) is 20.8 Å². The standard InChI is InChI=1S/C49H38O/c1-30-12-4-8-18-39(30)46-41-25-23-33(14-10-17-36-27-34-15-6-7-16-35(34)28-37(36)29-50)26-44(41)47(40-19-9-5-13-31(40)2)48-42-21-11-20-38-32(3)22-24-43(45(38)42)49(46)48/h4-16,18-28,50H,17,29H2,1-3H3/b14-10+. The molecule has 0 amide bonds. The SMILES string of the molecule is Cc1ccccc1-c1c2c(c(-c3ccccc3C)c3cc(/C=C/Cc4cc5ccccc5cc4CO)ccc13)-c1cccc3c(C)ccc-2c13. The maximum atomic E-state index is 10.2. The molecule has 1 heteroatoms. The van der Waals surface area contributed by atoms with Crippen molar-refractivity contribution in [3.8, 4) is 44.5 Å². The van der Waals surface area contributed by atoms with Crippen LogP contribution in [0.15, 0.2) is 140 Å². The Morgan fingerprint density at radius 3 is 1.74 bits per heavy atom. The molecule has 0 atom stereocenters. The molecule has 1 N–H and O–H groups in total. The quantitative estimate of drug-likeness (QED) is 0.191. The van der Waals surface area contributed by atoms with E-state index in [9.17, 15) is 5.11 Å². The Kier molecular flexibility index (Phi) is 7.26. The average molecular weight is 643 g/mol. The second-order valence-electron chi connectivity index (χ2n) is 13.8. The van der Waals surface area contributed by atoms with Crippen LogP contribution < -0.4 is 0 Å². The van der Waals surface area contributed by atoms with Gasteiger partial charge < -0.3 is 5.11 Å². The van der Waals surface area contributed by atoms with E-state index in [0.29, 0.717) is 0 Å². The smallest absolute Gasteiger partial charge is 0.0684 e. The first-order valence-electron chi connectivity index (χ1n) is 17.6. The molecule has 50 heavy (non-hydrogen) atoms. The summed E-state index contributed by atoms with van der Waals surface area (Å²) in [5, 5.41) is 17.8. The van der Waals surface area contributed by atoms with Gasteiger partial charge in [0.2, 0.25) is 0 Å². The summed E-state index contributed by atoms with van der Waals surface area (Å²) in [6.07, 6.45) is 5.24. The first kappa shape index (κ1) is 30.3. The van der Waals surface area contributed by atoms with Gasteiger partial charge in [-0.3, -0.25) is 0 Å². The summed E-state index contributed by atoms with van der Waals surface area (Å²) in [6, 6.07) is 48.9. The van der Waals surface area contributed by atoms with Gasteiger partial charge in [-0.15, -0.1) is 0 Å². The maximum absolute atomic E-state index is 10.2. The van der Waals surface area contributed by atoms with Gasteiger partial charge in [-0.25, -0.2) is 0 Å². The highest BCUT2D eigenvalue weighted by molar-refractivity contribution is 6.28. The molecular formula is C49H38O. The molecule has 0 fully saturated rings. The first-order valence-corrected chi connectivity index (χ1v) is 17.6. The van der Waals surface area contributed by atoms with Crippen LogP contribution in [0.4, 0.5) is 0 Å². The number of hydrogen-bond donors (Lipinski definition) is 1. The third-order valence-corrected chi connectivity index (χ3v) is 10.8. The van der Waals surface area contributed by atoms with Crippen molar-refractivity contribution < 1.29 is 5.11 Å². The lowest BCUT2D eigenvalue weighted by Crippen LogP contribution is -1.96. The van der Waals surface area contributed by atoms with Gasteiger partial charge in [-0.05, 0) is 150 Å². The topological polar surface area (TPSA) is 20.2 Å². The number of aliphatic hydroxyl groups excluding tert-OH is 1. The number of fused-ring (bicyclic) bond motifs is 5. The van der Waals surface area contributed by atoms with Crippen molar-refractivity contribution in [2.24, 2.45) is 0 Å². The third-order valence-electron chi connectivity index (χ3n) is 10.8. The molecule has 0 radical (unpaired) electrons. The van der Waals surface area contributed by atoms with Gasteiger partial charge in [0.15, 0.2) is 0 Å². The number of hydrogen-bond acceptors (Lipinski definition) is 1. The van der Waals surface area contributed by atoms with Crippen molar-refractivity contribution in [2.45, 2.75) is 33.8 Å². The summed E-state index contributed by atoms with van der Waals surface area (Å²) in [5.74, 6) is 0. The molecule has 0 saturated carbocycles. The van der Waals surface area contributed by atoms with Gasteiger partial charge in [0.25, 0.3) is 0 Å². The van der Waals surface area contributed by atoms with Crippen molar-refractivity contribution in [3.63, 3.8) is 0 Å². The van der Waals surface area contributed by atoms with Crippen molar-refractivity contribution in [1.82, 2.24) is 0 Å². The Bertz CT molecular complexity index is 2690. The number of rotatable bonds is 6. The van der Waals surface area contributed by atoms with Crippen molar-refractivity contribution >= 4 is 38.4 Å². The summed E-state index contributed by atoms with van der Waals surface area (Å²) >= 11 is 0. The average Bonchev–Trinajstić information content (AvgIpc) is 3.47. The molecule has 9 rings (SSSR count). The predicted molar refractivity (Wildman–Crippen MR) is 214 cm³/mol. The molecule has 8 aromatic rings. The van der Waals surface area contributed by atoms with E-state index < -0.39 is 0 Å². The molecule has 0 aliphatic heterocycles. The highest BCUT2D eigenvalue weighted by Gasteiger charge is 2.31. The largest absolute Gasteiger partial charge is 0.392 e. The summed E-state index contributed by atoms with van der Waals surface area (Å²) < 4.78 is 0. The van der Waals surface area contributed by atoms with Gasteiger partial charge in [-0.2, -0.15) is 0 Å². The third kappa shape index (κ3) is 4.73. The molecule has 0 spiro atoms. The molecule has 8 aromatic carbocycles. The zero-order valence-electron chi connectivity index (χ0n) is 28.7. The number of aliphatic hydroxyl groups is 1. The van der Waals surface area contributed by atoms with Crippen LogP contribution in [-0.4, -0.2) is 5.11 Å². The number of aryl methyl sites for hydroxylation is 3. The Balaban J connectivity index is 1.32. The Morgan fingerprint density at radius 2 is 1.06 bits per heavy atom. The zero-order chi connectivity index (χ0) is 33.9. The minimum atomic E-state index is 0.0330. The normalized spacial score (nSPS) is 12.1. The minimum absolute atomic E-state index is 0.0330. The fourth-order valence-electron chi connectivity index (χ4n) is 8.38. The van der Waals surface area contributed by atoms with Crippen molar-refractivity contribution in [3.05, 3.63) is 173 Å². The van der Waals surface area contributed by atoms with Gasteiger partial charge in [0.1, 0.15) is 0 Å². The molecular weight excluding hydrogens is 605 g/mol. The van der Waals surface area contributed by atoms with Crippen LogP contribution in [0.5, 0.6) is 0 Å². The second kappa shape index (κ2) is 12.0. The van der Waals surface area contributed by atoms with E-state index in [4.69, 9.17) is 0 Å². The summed E-state index contributed by atoms with van der Waals surface area (Å²) in [5.41, 5.74) is 17.6. The lowest BCUT2D eigenvalue weighted by Gasteiger charge is -2.22. The van der Waals surface area contributed by atoms with Crippen LogP contribution in [0.3, 0.4) is 0 Å². The fraction of sp³-hybridized carbons (Fsp3) is 0.102. The summed E-state index contributed by atoms with van der Waals surface area (Å²) in [7, 11) is 0. The minimum Gasteiger partial charge on any atom is -0.392 e. The van der Waals surface area contributed by atoms with E-state index in [1.807, 2.05) is 6.07 Å². The molecule has 0 saturated heterocycles. The van der Waals surface area contributed by atoms with E-state index in [1.165, 1.54) is 93.7 Å². The fourth-order valence-corrected chi connectivity index (χ4v) is 8.38. The van der Waals surface area contributed by atoms with E-state index in [2.05, 4.69) is 160 Å². The lowest BCUT2D eigenvalue weighted by atomic mass is 9.80. The van der Waals surface area contributed by atoms with Gasteiger partial charge in [-0.1, -0.05) is 133 Å². The van der Waals surface area contributed by atoms with Gasteiger partial charge in [0.05, 0.1) is 6.61 Å². The molecule has 1 aliphatic carbocycles. The molecule has 0 heterocycles. The molecule has 0 aromatic heterocycles. The van der Waals surface area contributed by atoms with Crippen molar-refractivity contribution in [2.75, 3.05) is 0 Å². The van der Waals surface area contributed by atoms with Gasteiger partial charge >= 0.3 is 0 Å². The van der Waals surface area contributed by atoms with E-state index in [1.54, 1.807) is 0 Å². The highest BCUT2D eigenvalue weighted by atomic mass is 16.3. The Labute approximate surface area is 293 Å². The number of benzene rings is 8. The number of allylic oxidation sites excluding steroid dienone is 1. The van der Waals surface area contributed by atoms with Gasteiger partial charge in [0, 0.05) is 0 Å². The second-order valence-corrected chi connectivity index (χ2v) is 13.8. The lowest BCUT2D eigenvalue weighted by molar-refractivity contribution is 0.281. The van der Waals surface area contributed by atoms with Crippen LogP contribution in [0.25, 0.3) is 82.9 Å². The molecule has 0 unspecified atom stereocenters. The zero-order valence-corrected chi connectivity index (χ0v) is 28.7.